The molecule has 0 amide bonds. The Kier molecular flexibility index (Phi) is 6.92. The molecule has 0 spiro atoms. The lowest BCUT2D eigenvalue weighted by Gasteiger charge is -2.09. The molecule has 3 heteroatoms. The van der Waals surface area contributed by atoms with Gasteiger partial charge in [-0.05, 0) is 37.8 Å². The van der Waals surface area contributed by atoms with Gasteiger partial charge in [0.15, 0.2) is 5.96 Å². The maximum Gasteiger partial charge on any atom is 0.191 e. The van der Waals surface area contributed by atoms with Crippen molar-refractivity contribution in [2.45, 2.75) is 33.6 Å². The Bertz CT molecular complexity index is 347. The third kappa shape index (κ3) is 5.21. The summed E-state index contributed by atoms with van der Waals surface area (Å²) >= 11 is 0. The molecule has 0 aromatic heterocycles. The number of hydrogen-bond acceptors (Lipinski definition) is 1. The van der Waals surface area contributed by atoms with Gasteiger partial charge in [-0.25, -0.2) is 0 Å². The van der Waals surface area contributed by atoms with Gasteiger partial charge in [0.1, 0.15) is 0 Å². The van der Waals surface area contributed by atoms with Gasteiger partial charge in [0.2, 0.25) is 0 Å². The molecule has 0 saturated heterocycles. The van der Waals surface area contributed by atoms with Crippen molar-refractivity contribution in [3.05, 3.63) is 35.4 Å². The second-order valence-corrected chi connectivity index (χ2v) is 4.21. The maximum atomic E-state index is 4.54. The van der Waals surface area contributed by atoms with Crippen molar-refractivity contribution < 1.29 is 0 Å². The van der Waals surface area contributed by atoms with E-state index in [2.05, 4.69) is 60.7 Å². The molecule has 3 nitrogen and oxygen atoms in total. The lowest BCUT2D eigenvalue weighted by molar-refractivity contribution is 0.833. The molecule has 1 aromatic carbocycles. The van der Waals surface area contributed by atoms with Crippen molar-refractivity contribution in [2.75, 3.05) is 19.6 Å². The van der Waals surface area contributed by atoms with Crippen LogP contribution in [0, 0.1) is 0 Å². The highest BCUT2D eigenvalue weighted by molar-refractivity contribution is 5.79. The molecule has 2 N–H and O–H groups in total. The van der Waals surface area contributed by atoms with Crippen LogP contribution in [0.15, 0.2) is 29.3 Å². The van der Waals surface area contributed by atoms with E-state index in [-0.39, 0.29) is 0 Å². The Labute approximate surface area is 111 Å². The number of benzene rings is 1. The summed E-state index contributed by atoms with van der Waals surface area (Å²) in [5.74, 6) is 0.908. The van der Waals surface area contributed by atoms with Gasteiger partial charge in [0.05, 0.1) is 0 Å². The van der Waals surface area contributed by atoms with Crippen LogP contribution in [0.4, 0.5) is 0 Å². The molecule has 1 aromatic rings. The highest BCUT2D eigenvalue weighted by atomic mass is 15.2. The fraction of sp³-hybridized carbons (Fsp3) is 0.533. The third-order valence-corrected chi connectivity index (χ3v) is 2.79. The second-order valence-electron chi connectivity index (χ2n) is 4.21. The highest BCUT2D eigenvalue weighted by Gasteiger charge is 1.96. The largest absolute Gasteiger partial charge is 0.357 e. The van der Waals surface area contributed by atoms with E-state index in [0.29, 0.717) is 0 Å². The van der Waals surface area contributed by atoms with Crippen molar-refractivity contribution >= 4 is 5.96 Å². The van der Waals surface area contributed by atoms with Crippen molar-refractivity contribution in [1.29, 1.82) is 0 Å². The van der Waals surface area contributed by atoms with Gasteiger partial charge >= 0.3 is 0 Å². The summed E-state index contributed by atoms with van der Waals surface area (Å²) in [7, 11) is 0. The van der Waals surface area contributed by atoms with Gasteiger partial charge in [-0.15, -0.1) is 0 Å². The van der Waals surface area contributed by atoms with Crippen LogP contribution < -0.4 is 10.6 Å². The zero-order chi connectivity index (χ0) is 13.2. The van der Waals surface area contributed by atoms with E-state index in [4.69, 9.17) is 0 Å². The van der Waals surface area contributed by atoms with Crippen molar-refractivity contribution in [2.24, 2.45) is 4.99 Å². The molecule has 0 aliphatic heterocycles. The van der Waals surface area contributed by atoms with E-state index in [1.54, 1.807) is 0 Å². The first-order valence-electron chi connectivity index (χ1n) is 6.90. The zero-order valence-electron chi connectivity index (χ0n) is 11.8. The molecule has 1 rings (SSSR count). The van der Waals surface area contributed by atoms with E-state index >= 15 is 0 Å². The van der Waals surface area contributed by atoms with Crippen molar-refractivity contribution in [3.8, 4) is 0 Å². The first kappa shape index (κ1) is 14.6. The molecule has 0 aliphatic rings. The van der Waals surface area contributed by atoms with E-state index in [0.717, 1.165) is 38.4 Å². The fourth-order valence-electron chi connectivity index (χ4n) is 1.75. The lowest BCUT2D eigenvalue weighted by Crippen LogP contribution is -2.37. The van der Waals surface area contributed by atoms with Gasteiger partial charge in [0.25, 0.3) is 0 Å². The van der Waals surface area contributed by atoms with Gasteiger partial charge in [0, 0.05) is 19.6 Å². The van der Waals surface area contributed by atoms with E-state index < -0.39 is 0 Å². The summed E-state index contributed by atoms with van der Waals surface area (Å²) in [6.45, 7) is 8.96. The Morgan fingerprint density at radius 3 is 2.00 bits per heavy atom. The van der Waals surface area contributed by atoms with Gasteiger partial charge in [-0.2, -0.15) is 0 Å². The number of nitrogens with one attached hydrogen (secondary N) is 2. The Balaban J connectivity index is 2.44. The highest BCUT2D eigenvalue weighted by Crippen LogP contribution is 2.05. The van der Waals surface area contributed by atoms with Crippen LogP contribution in [0.3, 0.4) is 0 Å². The Morgan fingerprint density at radius 1 is 0.944 bits per heavy atom. The summed E-state index contributed by atoms with van der Waals surface area (Å²) in [5, 5.41) is 6.45. The first-order valence-corrected chi connectivity index (χ1v) is 6.90. The predicted octanol–water partition coefficient (Wildman–Crippen LogP) is 2.37. The number of nitrogens with zero attached hydrogens (tertiary/aromatic N) is 1. The Morgan fingerprint density at radius 2 is 1.50 bits per heavy atom. The summed E-state index contributed by atoms with van der Waals surface area (Å²) in [6.07, 6.45) is 2.09. The molecule has 0 heterocycles. The topological polar surface area (TPSA) is 36.4 Å². The molecular formula is C15H25N3. The molecule has 0 unspecified atom stereocenters. The van der Waals surface area contributed by atoms with Crippen LogP contribution in [-0.4, -0.2) is 25.6 Å². The zero-order valence-corrected chi connectivity index (χ0v) is 11.8. The first-order chi connectivity index (χ1) is 8.80. The minimum absolute atomic E-state index is 0.820. The van der Waals surface area contributed by atoms with E-state index in [1.165, 1.54) is 11.1 Å². The quantitative estimate of drug-likeness (QED) is 0.598. The van der Waals surface area contributed by atoms with Crippen LogP contribution in [0.5, 0.6) is 0 Å². The van der Waals surface area contributed by atoms with Crippen LogP contribution in [0.25, 0.3) is 0 Å². The summed E-state index contributed by atoms with van der Waals surface area (Å²) < 4.78 is 0. The molecule has 0 aliphatic carbocycles. The van der Waals surface area contributed by atoms with Crippen molar-refractivity contribution in [1.82, 2.24) is 10.6 Å². The van der Waals surface area contributed by atoms with Crippen LogP contribution in [0.2, 0.25) is 0 Å². The molecule has 100 valence electrons. The van der Waals surface area contributed by atoms with Crippen molar-refractivity contribution in [3.63, 3.8) is 0 Å². The molecular weight excluding hydrogens is 222 g/mol. The number of guanidine groups is 1. The molecule has 0 atom stereocenters. The number of aryl methyl sites for hydroxylation is 1. The fourth-order valence-corrected chi connectivity index (χ4v) is 1.75. The third-order valence-electron chi connectivity index (χ3n) is 2.79. The van der Waals surface area contributed by atoms with Crippen LogP contribution in [0.1, 0.15) is 31.9 Å². The average molecular weight is 247 g/mol. The van der Waals surface area contributed by atoms with E-state index in [9.17, 15) is 0 Å². The van der Waals surface area contributed by atoms with Crippen LogP contribution >= 0.6 is 0 Å². The number of aliphatic imine (C=N–C) groups is 1. The monoisotopic (exact) mass is 247 g/mol. The number of rotatable bonds is 6. The minimum Gasteiger partial charge on any atom is -0.357 e. The normalized spacial score (nSPS) is 9.94. The average Bonchev–Trinajstić information content (AvgIpc) is 2.40. The number of hydrogen-bond donors (Lipinski definition) is 2. The summed E-state index contributed by atoms with van der Waals surface area (Å²) in [4.78, 5) is 4.54. The summed E-state index contributed by atoms with van der Waals surface area (Å²) in [5.41, 5.74) is 2.74. The molecule has 0 radical (unpaired) electrons. The Hall–Kier alpha value is -1.51. The molecule has 0 bridgehead atoms. The van der Waals surface area contributed by atoms with Gasteiger partial charge in [-0.3, -0.25) is 4.99 Å². The predicted molar refractivity (Wildman–Crippen MR) is 79.2 cm³/mol. The van der Waals surface area contributed by atoms with Gasteiger partial charge in [-0.1, -0.05) is 31.2 Å². The standard InChI is InChI=1S/C15H25N3/c1-4-13-7-9-14(10-8-13)11-12-18-15(16-5-2)17-6-3/h7-10H,4-6,11-12H2,1-3H3,(H2,16,17,18). The van der Waals surface area contributed by atoms with Gasteiger partial charge < -0.3 is 10.6 Å². The minimum atomic E-state index is 0.820. The SMILES string of the molecule is CCNC(=NCCc1ccc(CC)cc1)NCC. The van der Waals surface area contributed by atoms with Crippen LogP contribution in [-0.2, 0) is 12.8 Å². The molecule has 0 saturated carbocycles. The maximum absolute atomic E-state index is 4.54. The smallest absolute Gasteiger partial charge is 0.191 e. The molecule has 18 heavy (non-hydrogen) atoms. The van der Waals surface area contributed by atoms with E-state index in [1.807, 2.05) is 0 Å². The lowest BCUT2D eigenvalue weighted by atomic mass is 10.1. The summed E-state index contributed by atoms with van der Waals surface area (Å²) in [6, 6.07) is 8.81. The second kappa shape index (κ2) is 8.56. The molecule has 0 fully saturated rings.